The van der Waals surface area contributed by atoms with Gasteiger partial charge in [0.05, 0.1) is 23.3 Å². The molecule has 0 fully saturated rings. The first-order valence-corrected chi connectivity index (χ1v) is 7.70. The van der Waals surface area contributed by atoms with E-state index in [2.05, 4.69) is 10.3 Å². The zero-order chi connectivity index (χ0) is 17.1. The number of fused-ring (bicyclic) bond motifs is 1. The van der Waals surface area contributed by atoms with Crippen LogP contribution < -0.4 is 10.9 Å². The van der Waals surface area contributed by atoms with Crippen molar-refractivity contribution in [3.05, 3.63) is 75.0 Å². The van der Waals surface area contributed by atoms with Crippen LogP contribution in [0.1, 0.15) is 15.9 Å². The van der Waals surface area contributed by atoms with Gasteiger partial charge >= 0.3 is 5.97 Å². The van der Waals surface area contributed by atoms with E-state index >= 15 is 0 Å². The highest BCUT2D eigenvalue weighted by molar-refractivity contribution is 6.35. The number of rotatable bonds is 4. The van der Waals surface area contributed by atoms with Gasteiger partial charge in [0.2, 0.25) is 0 Å². The number of esters is 1. The number of carbonyl (C=O) groups is 1. The minimum atomic E-state index is -0.700. The molecule has 0 aliphatic carbocycles. The van der Waals surface area contributed by atoms with Crippen molar-refractivity contribution in [2.45, 2.75) is 6.54 Å². The number of benzene rings is 2. The maximum atomic E-state index is 12.4. The van der Waals surface area contributed by atoms with Gasteiger partial charge in [0, 0.05) is 11.9 Å². The van der Waals surface area contributed by atoms with E-state index in [1.807, 2.05) is 30.3 Å². The molecule has 0 bridgehead atoms. The zero-order valence-electron chi connectivity index (χ0n) is 12.9. The number of anilines is 1. The Kier molecular flexibility index (Phi) is 4.53. The van der Waals surface area contributed by atoms with Crippen LogP contribution in [0, 0.1) is 0 Å². The van der Waals surface area contributed by atoms with E-state index in [4.69, 9.17) is 16.3 Å². The van der Waals surface area contributed by atoms with E-state index in [9.17, 15) is 9.59 Å². The van der Waals surface area contributed by atoms with Crippen molar-refractivity contribution in [1.29, 1.82) is 0 Å². The van der Waals surface area contributed by atoms with Crippen molar-refractivity contribution < 1.29 is 9.53 Å². The number of methoxy groups -OCH3 is 1. The Labute approximate surface area is 143 Å². The van der Waals surface area contributed by atoms with E-state index in [1.54, 1.807) is 18.2 Å². The SMILES string of the molecule is COC(=O)c1c(NCc2ccccc2)c2cccc(Cl)c2[nH]c1=O. The van der Waals surface area contributed by atoms with Gasteiger partial charge in [-0.05, 0) is 11.6 Å². The number of aromatic nitrogens is 1. The first-order chi connectivity index (χ1) is 11.6. The molecule has 3 rings (SSSR count). The zero-order valence-corrected chi connectivity index (χ0v) is 13.7. The van der Waals surface area contributed by atoms with Crippen LogP contribution >= 0.6 is 11.6 Å². The van der Waals surface area contributed by atoms with E-state index in [-0.39, 0.29) is 5.56 Å². The molecule has 6 heteroatoms. The van der Waals surface area contributed by atoms with Gasteiger partial charge in [-0.25, -0.2) is 4.79 Å². The number of carbonyl (C=O) groups excluding carboxylic acids is 1. The third kappa shape index (κ3) is 2.98. The number of hydrogen-bond acceptors (Lipinski definition) is 4. The summed E-state index contributed by atoms with van der Waals surface area (Å²) in [4.78, 5) is 27.1. The molecule has 122 valence electrons. The number of para-hydroxylation sites is 1. The summed E-state index contributed by atoms with van der Waals surface area (Å²) in [5.41, 5.74) is 1.30. The topological polar surface area (TPSA) is 71.2 Å². The van der Waals surface area contributed by atoms with Crippen LogP contribution in [0.2, 0.25) is 5.02 Å². The number of nitrogens with one attached hydrogen (secondary N) is 2. The third-order valence-corrected chi connectivity index (χ3v) is 4.02. The average Bonchev–Trinajstić information content (AvgIpc) is 2.60. The Morgan fingerprint density at radius 3 is 2.62 bits per heavy atom. The summed E-state index contributed by atoms with van der Waals surface area (Å²) >= 11 is 6.17. The third-order valence-electron chi connectivity index (χ3n) is 3.70. The number of pyridine rings is 1. The van der Waals surface area contributed by atoms with Crippen LogP contribution in [0.3, 0.4) is 0 Å². The lowest BCUT2D eigenvalue weighted by molar-refractivity contribution is 0.0600. The molecule has 0 spiro atoms. The monoisotopic (exact) mass is 342 g/mol. The number of aromatic amines is 1. The van der Waals surface area contributed by atoms with Crippen LogP contribution in [-0.4, -0.2) is 18.1 Å². The molecule has 2 N–H and O–H groups in total. The highest BCUT2D eigenvalue weighted by Crippen LogP contribution is 2.29. The lowest BCUT2D eigenvalue weighted by Crippen LogP contribution is -2.22. The molecule has 0 unspecified atom stereocenters. The highest BCUT2D eigenvalue weighted by Gasteiger charge is 2.20. The minimum absolute atomic E-state index is 0.0665. The van der Waals surface area contributed by atoms with Gasteiger partial charge in [-0.1, -0.05) is 54.1 Å². The van der Waals surface area contributed by atoms with Gasteiger partial charge in [0.15, 0.2) is 0 Å². The van der Waals surface area contributed by atoms with Gasteiger partial charge in [-0.15, -0.1) is 0 Å². The Bertz CT molecular complexity index is 952. The van der Waals surface area contributed by atoms with Crippen molar-refractivity contribution in [2.75, 3.05) is 12.4 Å². The molecule has 0 atom stereocenters. The average molecular weight is 343 g/mol. The van der Waals surface area contributed by atoms with Crippen LogP contribution in [0.25, 0.3) is 10.9 Å². The second-order valence-corrected chi connectivity index (χ2v) is 5.60. The fourth-order valence-corrected chi connectivity index (χ4v) is 2.77. The molecule has 0 amide bonds. The predicted octanol–water partition coefficient (Wildman–Crippen LogP) is 3.58. The number of halogens is 1. The lowest BCUT2D eigenvalue weighted by atomic mass is 10.1. The minimum Gasteiger partial charge on any atom is -0.465 e. The van der Waals surface area contributed by atoms with Crippen LogP contribution in [0.15, 0.2) is 53.3 Å². The molecule has 24 heavy (non-hydrogen) atoms. The smallest absolute Gasteiger partial charge is 0.345 e. The Hall–Kier alpha value is -2.79. The summed E-state index contributed by atoms with van der Waals surface area (Å²) in [6.45, 7) is 0.454. The quantitative estimate of drug-likeness (QED) is 0.711. The van der Waals surface area contributed by atoms with Crippen LogP contribution in [0.5, 0.6) is 0 Å². The first kappa shape index (κ1) is 16.1. The van der Waals surface area contributed by atoms with E-state index < -0.39 is 11.5 Å². The fraction of sp³-hybridized carbons (Fsp3) is 0.111. The molecule has 5 nitrogen and oxygen atoms in total. The molecule has 0 saturated heterocycles. The summed E-state index contributed by atoms with van der Waals surface area (Å²) in [6.07, 6.45) is 0. The molecule has 3 aromatic rings. The van der Waals surface area contributed by atoms with E-state index in [0.717, 1.165) is 5.56 Å². The summed E-state index contributed by atoms with van der Waals surface area (Å²) in [5.74, 6) is -0.700. The first-order valence-electron chi connectivity index (χ1n) is 7.32. The second-order valence-electron chi connectivity index (χ2n) is 5.20. The van der Waals surface area contributed by atoms with Crippen molar-refractivity contribution in [1.82, 2.24) is 4.98 Å². The standard InChI is InChI=1S/C18H15ClN2O3/c1-24-18(23)14-16(20-10-11-6-3-2-4-7-11)12-8-5-9-13(19)15(12)21-17(14)22/h2-9H,10H2,1H3,(H2,20,21,22). The largest absolute Gasteiger partial charge is 0.465 e. The van der Waals surface area contributed by atoms with Crippen molar-refractivity contribution in [3.8, 4) is 0 Å². The molecule has 1 heterocycles. The maximum Gasteiger partial charge on any atom is 0.345 e. The number of ether oxygens (including phenoxy) is 1. The summed E-state index contributed by atoms with van der Waals surface area (Å²) in [5, 5.41) is 4.23. The fourth-order valence-electron chi connectivity index (χ4n) is 2.55. The van der Waals surface area contributed by atoms with Gasteiger partial charge in [-0.3, -0.25) is 4.79 Å². The predicted molar refractivity (Wildman–Crippen MR) is 94.7 cm³/mol. The second kappa shape index (κ2) is 6.76. The normalized spacial score (nSPS) is 10.6. The number of hydrogen-bond donors (Lipinski definition) is 2. The lowest BCUT2D eigenvalue weighted by Gasteiger charge is -2.14. The van der Waals surface area contributed by atoms with Crippen molar-refractivity contribution in [3.63, 3.8) is 0 Å². The Balaban J connectivity index is 2.16. The molecule has 0 radical (unpaired) electrons. The highest BCUT2D eigenvalue weighted by atomic mass is 35.5. The summed E-state index contributed by atoms with van der Waals surface area (Å²) in [7, 11) is 1.24. The van der Waals surface area contributed by atoms with Gasteiger partial charge < -0.3 is 15.0 Å². The van der Waals surface area contributed by atoms with E-state index in [0.29, 0.717) is 28.2 Å². The van der Waals surface area contributed by atoms with Crippen LogP contribution in [-0.2, 0) is 11.3 Å². The molecule has 0 aliphatic rings. The number of H-pyrrole nitrogens is 1. The van der Waals surface area contributed by atoms with Gasteiger partial charge in [-0.2, -0.15) is 0 Å². The summed E-state index contributed by atoms with van der Waals surface area (Å²) in [6, 6.07) is 14.9. The Morgan fingerprint density at radius 2 is 1.92 bits per heavy atom. The Morgan fingerprint density at radius 1 is 1.17 bits per heavy atom. The maximum absolute atomic E-state index is 12.4. The molecule has 1 aromatic heterocycles. The van der Waals surface area contributed by atoms with Gasteiger partial charge in [0.25, 0.3) is 5.56 Å². The van der Waals surface area contributed by atoms with Crippen LogP contribution in [0.4, 0.5) is 5.69 Å². The van der Waals surface area contributed by atoms with E-state index in [1.165, 1.54) is 7.11 Å². The molecule has 0 aliphatic heterocycles. The van der Waals surface area contributed by atoms with Gasteiger partial charge in [0.1, 0.15) is 5.56 Å². The molecule has 2 aromatic carbocycles. The molecular weight excluding hydrogens is 328 g/mol. The van der Waals surface area contributed by atoms with Crippen molar-refractivity contribution in [2.24, 2.45) is 0 Å². The molecular formula is C18H15ClN2O3. The molecule has 0 saturated carbocycles. The summed E-state index contributed by atoms with van der Waals surface area (Å²) < 4.78 is 4.76. The van der Waals surface area contributed by atoms with Crippen molar-refractivity contribution >= 4 is 34.2 Å².